The van der Waals surface area contributed by atoms with E-state index in [1.54, 1.807) is 30.3 Å². The monoisotopic (exact) mass is 229 g/mol. The predicted molar refractivity (Wildman–Crippen MR) is 63.6 cm³/mol. The summed E-state index contributed by atoms with van der Waals surface area (Å²) in [7, 11) is 0. The summed E-state index contributed by atoms with van der Waals surface area (Å²) in [6, 6.07) is 8.76. The number of nitrogens with zero attached hydrogens (tertiary/aromatic N) is 1. The molecule has 0 bridgehead atoms. The number of hydroxylamine groups is 1. The fraction of sp³-hybridized carbons (Fsp3) is 0. The summed E-state index contributed by atoms with van der Waals surface area (Å²) in [6.45, 7) is 0. The zero-order chi connectivity index (χ0) is 12.3. The summed E-state index contributed by atoms with van der Waals surface area (Å²) in [5, 5.41) is 19.8. The van der Waals surface area contributed by atoms with Crippen LogP contribution in [-0.2, 0) is 4.79 Å². The summed E-state index contributed by atoms with van der Waals surface area (Å²) in [4.78, 5) is 11.5. The molecule has 0 aromatic heterocycles. The van der Waals surface area contributed by atoms with Gasteiger partial charge in [0, 0.05) is 11.8 Å². The van der Waals surface area contributed by atoms with Crippen molar-refractivity contribution in [3.8, 4) is 0 Å². The zero-order valence-electron chi connectivity index (χ0n) is 8.95. The Morgan fingerprint density at radius 3 is 2.59 bits per heavy atom. The molecule has 2 rings (SSSR count). The van der Waals surface area contributed by atoms with Crippen LogP contribution in [0.3, 0.4) is 0 Å². The number of carbonyl (C=O) groups is 1. The molecule has 0 saturated heterocycles. The van der Waals surface area contributed by atoms with Gasteiger partial charge >= 0.3 is 0 Å². The first-order valence-corrected chi connectivity index (χ1v) is 5.05. The number of ketones is 1. The van der Waals surface area contributed by atoms with E-state index in [1.807, 2.05) is 6.07 Å². The standard InChI is InChI=1S/C13H11NO3/c15-12-8-4-5-10(13(12)16)9-14(17)11-6-2-1-3-7-11/h1-9,15,17H. The SMILES string of the molecule is O=C1C(O)=CC=CC1=CN(O)c1ccccc1. The highest BCUT2D eigenvalue weighted by atomic mass is 16.5. The first kappa shape index (κ1) is 11.2. The van der Waals surface area contributed by atoms with Crippen molar-refractivity contribution in [1.82, 2.24) is 0 Å². The fourth-order valence-electron chi connectivity index (χ4n) is 1.43. The van der Waals surface area contributed by atoms with Crippen LogP contribution >= 0.6 is 0 Å². The maximum Gasteiger partial charge on any atom is 0.228 e. The van der Waals surface area contributed by atoms with Crippen LogP contribution in [-0.4, -0.2) is 16.1 Å². The molecule has 4 nitrogen and oxygen atoms in total. The van der Waals surface area contributed by atoms with E-state index in [9.17, 15) is 15.1 Å². The average molecular weight is 229 g/mol. The van der Waals surface area contributed by atoms with Crippen molar-refractivity contribution in [3.63, 3.8) is 0 Å². The highest BCUT2D eigenvalue weighted by molar-refractivity contribution is 6.09. The van der Waals surface area contributed by atoms with Crippen LogP contribution in [0.2, 0.25) is 0 Å². The number of hydrogen-bond acceptors (Lipinski definition) is 4. The molecule has 1 aliphatic carbocycles. The highest BCUT2D eigenvalue weighted by Crippen LogP contribution is 2.16. The summed E-state index contributed by atoms with van der Waals surface area (Å²) < 4.78 is 0. The molecule has 0 aliphatic heterocycles. The van der Waals surface area contributed by atoms with E-state index >= 15 is 0 Å². The molecular weight excluding hydrogens is 218 g/mol. The fourth-order valence-corrected chi connectivity index (χ4v) is 1.43. The zero-order valence-corrected chi connectivity index (χ0v) is 8.95. The molecule has 1 aromatic rings. The van der Waals surface area contributed by atoms with E-state index in [-0.39, 0.29) is 11.3 Å². The number of hydrogen-bond donors (Lipinski definition) is 2. The Balaban J connectivity index is 2.24. The number of anilines is 1. The molecule has 86 valence electrons. The van der Waals surface area contributed by atoms with E-state index in [0.29, 0.717) is 5.69 Å². The number of para-hydroxylation sites is 1. The van der Waals surface area contributed by atoms with Gasteiger partial charge in [-0.1, -0.05) is 24.3 Å². The third-order valence-electron chi connectivity index (χ3n) is 2.31. The van der Waals surface area contributed by atoms with Crippen molar-refractivity contribution in [2.75, 3.05) is 5.06 Å². The van der Waals surface area contributed by atoms with Crippen LogP contribution in [0, 0.1) is 0 Å². The van der Waals surface area contributed by atoms with Crippen molar-refractivity contribution in [1.29, 1.82) is 0 Å². The van der Waals surface area contributed by atoms with E-state index in [1.165, 1.54) is 18.4 Å². The molecule has 0 saturated carbocycles. The maximum atomic E-state index is 11.5. The lowest BCUT2D eigenvalue weighted by Gasteiger charge is -2.14. The Hall–Kier alpha value is -2.33. The molecule has 17 heavy (non-hydrogen) atoms. The lowest BCUT2D eigenvalue weighted by atomic mass is 10.1. The van der Waals surface area contributed by atoms with Crippen LogP contribution in [0.4, 0.5) is 5.69 Å². The number of aliphatic hydroxyl groups excluding tert-OH is 1. The van der Waals surface area contributed by atoms with Gasteiger partial charge in [-0.3, -0.25) is 10.0 Å². The van der Waals surface area contributed by atoms with Crippen LogP contribution < -0.4 is 5.06 Å². The van der Waals surface area contributed by atoms with Gasteiger partial charge in [0.15, 0.2) is 5.76 Å². The molecule has 0 spiro atoms. The lowest BCUT2D eigenvalue weighted by molar-refractivity contribution is -0.114. The van der Waals surface area contributed by atoms with Crippen LogP contribution in [0.25, 0.3) is 0 Å². The lowest BCUT2D eigenvalue weighted by Crippen LogP contribution is -2.15. The topological polar surface area (TPSA) is 60.8 Å². The van der Waals surface area contributed by atoms with Gasteiger partial charge in [-0.2, -0.15) is 0 Å². The molecule has 4 heteroatoms. The van der Waals surface area contributed by atoms with Crippen molar-refractivity contribution in [2.45, 2.75) is 0 Å². The number of allylic oxidation sites excluding steroid dienone is 4. The van der Waals surface area contributed by atoms with E-state index in [0.717, 1.165) is 5.06 Å². The summed E-state index contributed by atoms with van der Waals surface area (Å²) in [5.41, 5.74) is 0.756. The molecule has 1 aromatic carbocycles. The van der Waals surface area contributed by atoms with E-state index in [4.69, 9.17) is 0 Å². The van der Waals surface area contributed by atoms with Gasteiger partial charge in [0.05, 0.1) is 5.69 Å². The molecule has 2 N–H and O–H groups in total. The van der Waals surface area contributed by atoms with Gasteiger partial charge in [-0.15, -0.1) is 0 Å². The van der Waals surface area contributed by atoms with Crippen molar-refractivity contribution < 1.29 is 15.1 Å². The Bertz CT molecular complexity index is 515. The Kier molecular flexibility index (Phi) is 3.07. The van der Waals surface area contributed by atoms with Crippen LogP contribution in [0.5, 0.6) is 0 Å². The Morgan fingerprint density at radius 1 is 1.18 bits per heavy atom. The summed E-state index contributed by atoms with van der Waals surface area (Å²) >= 11 is 0. The Morgan fingerprint density at radius 2 is 1.88 bits per heavy atom. The van der Waals surface area contributed by atoms with E-state index in [2.05, 4.69) is 0 Å². The number of aliphatic hydroxyl groups is 1. The molecular formula is C13H11NO3. The first-order chi connectivity index (χ1) is 8.18. The van der Waals surface area contributed by atoms with Gasteiger partial charge in [0.2, 0.25) is 5.78 Å². The number of benzene rings is 1. The van der Waals surface area contributed by atoms with Crippen molar-refractivity contribution in [2.24, 2.45) is 0 Å². The van der Waals surface area contributed by atoms with Gasteiger partial charge in [-0.05, 0) is 24.3 Å². The van der Waals surface area contributed by atoms with Gasteiger partial charge in [-0.25, -0.2) is 5.06 Å². The number of Topliss-reactive ketones (excluding diaryl/α,β-unsaturated/α-hetero) is 1. The molecule has 0 amide bonds. The normalized spacial score (nSPS) is 17.1. The summed E-state index contributed by atoms with van der Waals surface area (Å²) in [5.74, 6) is -0.845. The number of carbonyl (C=O) groups excluding carboxylic acids is 1. The van der Waals surface area contributed by atoms with Gasteiger partial charge in [0.25, 0.3) is 0 Å². The van der Waals surface area contributed by atoms with Crippen LogP contribution in [0.15, 0.2) is 66.1 Å². The molecule has 0 fully saturated rings. The van der Waals surface area contributed by atoms with Crippen molar-refractivity contribution in [3.05, 3.63) is 66.1 Å². The smallest absolute Gasteiger partial charge is 0.228 e. The third kappa shape index (κ3) is 2.43. The molecule has 0 atom stereocenters. The molecule has 0 radical (unpaired) electrons. The van der Waals surface area contributed by atoms with Crippen molar-refractivity contribution >= 4 is 11.5 Å². The minimum absolute atomic E-state index is 0.219. The minimum atomic E-state index is -0.512. The first-order valence-electron chi connectivity index (χ1n) is 5.05. The summed E-state index contributed by atoms with van der Waals surface area (Å²) in [6.07, 6.45) is 5.64. The second kappa shape index (κ2) is 4.67. The van der Waals surface area contributed by atoms with E-state index < -0.39 is 5.78 Å². The second-order valence-electron chi connectivity index (χ2n) is 3.50. The van der Waals surface area contributed by atoms with Gasteiger partial charge < -0.3 is 5.11 Å². The third-order valence-corrected chi connectivity index (χ3v) is 2.31. The Labute approximate surface area is 98.4 Å². The largest absolute Gasteiger partial charge is 0.504 e. The maximum absolute atomic E-state index is 11.5. The predicted octanol–water partition coefficient (Wildman–Crippen LogP) is 2.35. The van der Waals surface area contributed by atoms with Gasteiger partial charge in [0.1, 0.15) is 0 Å². The van der Waals surface area contributed by atoms with Crippen LogP contribution in [0.1, 0.15) is 0 Å². The minimum Gasteiger partial charge on any atom is -0.504 e. The average Bonchev–Trinajstić information content (AvgIpc) is 2.36. The second-order valence-corrected chi connectivity index (χ2v) is 3.50. The molecule has 0 heterocycles. The molecule has 0 unspecified atom stereocenters. The highest BCUT2D eigenvalue weighted by Gasteiger charge is 2.15. The molecule has 1 aliphatic rings. The quantitative estimate of drug-likeness (QED) is 0.603. The number of rotatable bonds is 2.